The number of carbonyl (C=O) groups is 1. The molecule has 274 valence electrons. The normalized spacial score (nSPS) is 16.6. The number of benzene rings is 6. The molecule has 0 spiro atoms. The fourth-order valence-corrected chi connectivity index (χ4v) is 7.22. The Morgan fingerprint density at radius 1 is 0.444 bits per heavy atom. The highest BCUT2D eigenvalue weighted by Gasteiger charge is 2.52. The van der Waals surface area contributed by atoms with Gasteiger partial charge in [0.2, 0.25) is 0 Å². The van der Waals surface area contributed by atoms with E-state index in [9.17, 15) is 4.79 Å². The highest BCUT2D eigenvalue weighted by atomic mass is 19.1. The van der Waals surface area contributed by atoms with Gasteiger partial charge in [-0.1, -0.05) is 146 Å². The van der Waals surface area contributed by atoms with E-state index in [-0.39, 0.29) is 25.9 Å². The molecular weight excluding hydrogens is 679 g/mol. The van der Waals surface area contributed by atoms with E-state index in [2.05, 4.69) is 0 Å². The fraction of sp³-hybridized carbons (Fsp3) is 0.213. The number of hydrogen-bond donors (Lipinski definition) is 0. The van der Waals surface area contributed by atoms with Crippen molar-refractivity contribution in [2.75, 3.05) is 0 Å². The van der Waals surface area contributed by atoms with E-state index < -0.39 is 30.5 Å². The molecule has 5 nitrogen and oxygen atoms in total. The monoisotopic (exact) mass is 722 g/mol. The van der Waals surface area contributed by atoms with Crippen molar-refractivity contribution in [1.82, 2.24) is 9.80 Å². The van der Waals surface area contributed by atoms with Crippen LogP contribution in [0.1, 0.15) is 33.4 Å². The number of carbonyl (C=O) groups excluding carboxylic acids is 1. The van der Waals surface area contributed by atoms with Crippen LogP contribution in [0.4, 0.5) is 13.6 Å². The molecule has 0 bridgehead atoms. The van der Waals surface area contributed by atoms with E-state index in [1.807, 2.05) is 170 Å². The first-order valence-corrected chi connectivity index (χ1v) is 18.4. The maximum absolute atomic E-state index is 17.1. The van der Waals surface area contributed by atoms with Gasteiger partial charge in [-0.3, -0.25) is 0 Å². The van der Waals surface area contributed by atoms with E-state index in [0.717, 1.165) is 33.4 Å². The molecule has 1 fully saturated rings. The van der Waals surface area contributed by atoms with E-state index in [0.29, 0.717) is 24.7 Å². The van der Waals surface area contributed by atoms with Crippen LogP contribution in [0.15, 0.2) is 170 Å². The van der Waals surface area contributed by atoms with Crippen molar-refractivity contribution < 1.29 is 23.0 Å². The molecule has 54 heavy (non-hydrogen) atoms. The van der Waals surface area contributed by atoms with E-state index in [4.69, 9.17) is 9.47 Å². The number of rotatable bonds is 16. The average Bonchev–Trinajstić information content (AvgIpc) is 3.48. The van der Waals surface area contributed by atoms with E-state index in [1.54, 1.807) is 0 Å². The molecule has 4 atom stereocenters. The van der Waals surface area contributed by atoms with Crippen molar-refractivity contribution in [1.29, 1.82) is 0 Å². The Morgan fingerprint density at radius 2 is 0.778 bits per heavy atom. The molecule has 0 aromatic heterocycles. The molecule has 0 aliphatic carbocycles. The molecule has 1 aliphatic rings. The first-order chi connectivity index (χ1) is 26.5. The van der Waals surface area contributed by atoms with Gasteiger partial charge < -0.3 is 19.3 Å². The molecule has 0 unspecified atom stereocenters. The van der Waals surface area contributed by atoms with Crippen LogP contribution < -0.4 is 9.47 Å². The summed E-state index contributed by atoms with van der Waals surface area (Å²) in [5, 5.41) is 0. The van der Waals surface area contributed by atoms with Crippen LogP contribution >= 0.6 is 0 Å². The van der Waals surface area contributed by atoms with Crippen molar-refractivity contribution in [3.05, 3.63) is 203 Å². The Kier molecular flexibility index (Phi) is 11.9. The maximum Gasteiger partial charge on any atom is 0.321 e. The average molecular weight is 723 g/mol. The second-order valence-corrected chi connectivity index (χ2v) is 13.8. The Labute approximate surface area is 316 Å². The molecule has 1 heterocycles. The second-order valence-electron chi connectivity index (χ2n) is 13.8. The summed E-state index contributed by atoms with van der Waals surface area (Å²) in [4.78, 5) is 17.8. The van der Waals surface area contributed by atoms with Gasteiger partial charge in [0.15, 0.2) is 0 Å². The Bertz CT molecular complexity index is 1920. The number of alkyl halides is 2. The zero-order valence-electron chi connectivity index (χ0n) is 30.1. The van der Waals surface area contributed by atoms with Gasteiger partial charge in [-0.15, -0.1) is 0 Å². The molecule has 7 rings (SSSR count). The Morgan fingerprint density at radius 3 is 1.15 bits per heavy atom. The van der Waals surface area contributed by atoms with Crippen LogP contribution in [-0.2, 0) is 39.1 Å². The van der Waals surface area contributed by atoms with Crippen molar-refractivity contribution >= 4 is 6.03 Å². The van der Waals surface area contributed by atoms with E-state index >= 15 is 8.78 Å². The van der Waals surface area contributed by atoms with Gasteiger partial charge in [-0.25, -0.2) is 13.6 Å². The standard InChI is InChI=1S/C47H44F2N2O3/c48-43(29-35-15-5-1-6-16-35)45-46(44(49)30-36-17-7-2-8-18-36)51(32-40-24-14-26-42(28-40)54-34-38-21-11-4-12-22-38)47(52)50(45)31-39-23-13-25-41(27-39)53-33-37-19-9-3-10-20-37/h1-28,43-46H,29-34H2/t43-,44-,45-,46-/m1/s1. The summed E-state index contributed by atoms with van der Waals surface area (Å²) in [5.41, 5.74) is 5.15. The maximum atomic E-state index is 17.1. The lowest BCUT2D eigenvalue weighted by atomic mass is 9.91. The first-order valence-electron chi connectivity index (χ1n) is 18.4. The Balaban J connectivity index is 1.20. The van der Waals surface area contributed by atoms with Crippen molar-refractivity contribution in [2.24, 2.45) is 0 Å². The fourth-order valence-electron chi connectivity index (χ4n) is 7.22. The first kappa shape index (κ1) is 36.4. The van der Waals surface area contributed by atoms with Crippen molar-refractivity contribution in [3.8, 4) is 11.5 Å². The minimum atomic E-state index is -1.54. The molecular formula is C47H44F2N2O3. The highest BCUT2D eigenvalue weighted by molar-refractivity contribution is 5.78. The van der Waals surface area contributed by atoms with Gasteiger partial charge in [0.25, 0.3) is 0 Å². The minimum Gasteiger partial charge on any atom is -0.489 e. The molecule has 2 amide bonds. The zero-order chi connectivity index (χ0) is 37.1. The predicted octanol–water partition coefficient (Wildman–Crippen LogP) is 10.2. The summed E-state index contributed by atoms with van der Waals surface area (Å²) in [6.45, 7) is 0.942. The van der Waals surface area contributed by atoms with Crippen LogP contribution in [0.25, 0.3) is 0 Å². The Hall–Kier alpha value is -5.95. The lowest BCUT2D eigenvalue weighted by Gasteiger charge is -2.33. The second kappa shape index (κ2) is 17.7. The number of halogens is 2. The van der Waals surface area contributed by atoms with Gasteiger partial charge in [0, 0.05) is 25.9 Å². The summed E-state index contributed by atoms with van der Waals surface area (Å²) in [5.74, 6) is 1.27. The minimum absolute atomic E-state index is 0.0424. The molecule has 1 saturated heterocycles. The van der Waals surface area contributed by atoms with Gasteiger partial charge in [0.1, 0.15) is 37.1 Å². The van der Waals surface area contributed by atoms with Crippen LogP contribution in [0.3, 0.4) is 0 Å². The third-order valence-electron chi connectivity index (χ3n) is 9.85. The molecule has 0 N–H and O–H groups in total. The van der Waals surface area contributed by atoms with Crippen LogP contribution in [-0.4, -0.2) is 40.3 Å². The zero-order valence-corrected chi connectivity index (χ0v) is 30.1. The van der Waals surface area contributed by atoms with Gasteiger partial charge in [0.05, 0.1) is 12.1 Å². The third-order valence-corrected chi connectivity index (χ3v) is 9.85. The number of urea groups is 1. The van der Waals surface area contributed by atoms with Gasteiger partial charge in [-0.2, -0.15) is 0 Å². The smallest absolute Gasteiger partial charge is 0.321 e. The third kappa shape index (κ3) is 9.34. The van der Waals surface area contributed by atoms with Crippen molar-refractivity contribution in [3.63, 3.8) is 0 Å². The highest BCUT2D eigenvalue weighted by Crippen LogP contribution is 2.36. The molecule has 6 aromatic rings. The summed E-state index contributed by atoms with van der Waals surface area (Å²) in [6.07, 6.45) is -3.00. The lowest BCUT2D eigenvalue weighted by molar-refractivity contribution is 0.0905. The van der Waals surface area contributed by atoms with Gasteiger partial charge in [-0.05, 0) is 57.6 Å². The number of ether oxygens (including phenoxy) is 2. The number of amides is 2. The molecule has 0 saturated carbocycles. The number of nitrogens with zero attached hydrogens (tertiary/aromatic N) is 2. The summed E-state index contributed by atoms with van der Waals surface area (Å²) in [6, 6.07) is 50.9. The predicted molar refractivity (Wildman–Crippen MR) is 209 cm³/mol. The summed E-state index contributed by atoms with van der Waals surface area (Å²) in [7, 11) is 0. The SMILES string of the molecule is O=C1N(Cc2cccc(OCc3ccccc3)c2)[C@H]([C@H](F)Cc2ccccc2)[C@@H]([C@H](F)Cc2ccccc2)N1Cc1cccc(OCc2ccccc2)c1. The lowest BCUT2D eigenvalue weighted by Crippen LogP contribution is -2.50. The van der Waals surface area contributed by atoms with Gasteiger partial charge >= 0.3 is 6.03 Å². The molecule has 1 aliphatic heterocycles. The molecule has 0 radical (unpaired) electrons. The van der Waals surface area contributed by atoms with E-state index in [1.165, 1.54) is 9.80 Å². The summed E-state index contributed by atoms with van der Waals surface area (Å²) >= 11 is 0. The topological polar surface area (TPSA) is 42.0 Å². The van der Waals surface area contributed by atoms with Crippen molar-refractivity contribution in [2.45, 2.75) is 63.6 Å². The van der Waals surface area contributed by atoms with Crippen LogP contribution in [0.2, 0.25) is 0 Å². The number of hydrogen-bond acceptors (Lipinski definition) is 3. The molecule has 7 heteroatoms. The molecule has 6 aromatic carbocycles. The largest absolute Gasteiger partial charge is 0.489 e. The van der Waals surface area contributed by atoms with Crippen LogP contribution in [0, 0.1) is 0 Å². The van der Waals surface area contributed by atoms with Crippen LogP contribution in [0.5, 0.6) is 11.5 Å². The summed E-state index contributed by atoms with van der Waals surface area (Å²) < 4.78 is 46.3. The quantitative estimate of drug-likeness (QED) is 0.0999.